The van der Waals surface area contributed by atoms with Gasteiger partial charge in [0.15, 0.2) is 5.13 Å². The van der Waals surface area contributed by atoms with E-state index in [2.05, 4.69) is 30.9 Å². The number of piperidine rings is 1. The third kappa shape index (κ3) is 3.58. The summed E-state index contributed by atoms with van der Waals surface area (Å²) in [5.41, 5.74) is 1.65. The summed E-state index contributed by atoms with van der Waals surface area (Å²) in [7, 11) is 0. The van der Waals surface area contributed by atoms with E-state index in [0.29, 0.717) is 5.92 Å². The summed E-state index contributed by atoms with van der Waals surface area (Å²) in [4.78, 5) is 18.9. The fourth-order valence-electron chi connectivity index (χ4n) is 4.20. The Hall–Kier alpha value is -1.99. The summed E-state index contributed by atoms with van der Waals surface area (Å²) in [6, 6.07) is 4.76. The summed E-state index contributed by atoms with van der Waals surface area (Å²) >= 11 is 1.84. The topological polar surface area (TPSA) is 48.1 Å². The number of aromatic amines is 1. The number of hydrogen-bond acceptors (Lipinski definition) is 5. The van der Waals surface area contributed by atoms with Gasteiger partial charge in [-0.25, -0.2) is 14.4 Å². The molecule has 0 radical (unpaired) electrons. The molecule has 0 unspecified atom stereocenters. The van der Waals surface area contributed by atoms with Crippen LogP contribution in [0.2, 0.25) is 0 Å². The SMILES string of the molecule is Fc1ccc2nc(C3CCN(Cc4cnc(N5CCCC5)s4)CC3)[nH]c2c1. The lowest BCUT2D eigenvalue weighted by Gasteiger charge is -2.30. The second kappa shape index (κ2) is 7.20. The smallest absolute Gasteiger partial charge is 0.185 e. The van der Waals surface area contributed by atoms with Gasteiger partial charge in [0, 0.05) is 36.6 Å². The molecule has 2 aliphatic heterocycles. The van der Waals surface area contributed by atoms with E-state index in [1.165, 1.54) is 35.0 Å². The Balaban J connectivity index is 1.19. The van der Waals surface area contributed by atoms with Gasteiger partial charge in [-0.15, -0.1) is 11.3 Å². The van der Waals surface area contributed by atoms with Crippen LogP contribution < -0.4 is 4.90 Å². The van der Waals surface area contributed by atoms with Gasteiger partial charge in [0.1, 0.15) is 11.6 Å². The van der Waals surface area contributed by atoms with Crippen LogP contribution in [0.4, 0.5) is 9.52 Å². The minimum atomic E-state index is -0.217. The third-order valence-corrected chi connectivity index (χ3v) is 6.78. The zero-order valence-electron chi connectivity index (χ0n) is 15.3. The van der Waals surface area contributed by atoms with Gasteiger partial charge in [0.05, 0.1) is 11.0 Å². The lowest BCUT2D eigenvalue weighted by Crippen LogP contribution is -2.32. The predicted octanol–water partition coefficient (Wildman–Crippen LogP) is 4.14. The number of H-pyrrole nitrogens is 1. The Labute approximate surface area is 162 Å². The molecule has 0 atom stereocenters. The standard InChI is InChI=1S/C20H24FN5S/c21-15-3-4-17-18(11-15)24-19(23-17)14-5-9-25(10-6-14)13-16-12-22-20(27-16)26-7-1-2-8-26/h3-4,11-12,14H,1-2,5-10,13H2,(H,23,24). The first-order valence-electron chi connectivity index (χ1n) is 9.82. The molecule has 1 aromatic carbocycles. The average Bonchev–Trinajstić information content (AvgIpc) is 3.42. The van der Waals surface area contributed by atoms with E-state index in [1.54, 1.807) is 6.07 Å². The Morgan fingerprint density at radius 2 is 1.96 bits per heavy atom. The number of anilines is 1. The van der Waals surface area contributed by atoms with Crippen molar-refractivity contribution in [3.05, 3.63) is 40.9 Å². The lowest BCUT2D eigenvalue weighted by molar-refractivity contribution is 0.203. The average molecular weight is 386 g/mol. The van der Waals surface area contributed by atoms with Crippen LogP contribution in [0.1, 0.15) is 42.3 Å². The maximum atomic E-state index is 13.4. The van der Waals surface area contributed by atoms with E-state index in [-0.39, 0.29) is 5.82 Å². The van der Waals surface area contributed by atoms with Crippen molar-refractivity contribution >= 4 is 27.5 Å². The molecule has 1 N–H and O–H groups in total. The number of likely N-dealkylation sites (tertiary alicyclic amines) is 1. The van der Waals surface area contributed by atoms with E-state index in [4.69, 9.17) is 0 Å². The molecule has 2 saturated heterocycles. The fraction of sp³-hybridized carbons (Fsp3) is 0.500. The number of nitrogens with one attached hydrogen (secondary N) is 1. The van der Waals surface area contributed by atoms with Crippen LogP contribution in [0.3, 0.4) is 0 Å². The molecular weight excluding hydrogens is 361 g/mol. The third-order valence-electron chi connectivity index (χ3n) is 5.73. The van der Waals surface area contributed by atoms with E-state index in [0.717, 1.165) is 62.4 Å². The highest BCUT2D eigenvalue weighted by molar-refractivity contribution is 7.15. The number of imidazole rings is 1. The maximum Gasteiger partial charge on any atom is 0.185 e. The first-order chi connectivity index (χ1) is 13.2. The molecule has 2 aromatic heterocycles. The van der Waals surface area contributed by atoms with Gasteiger partial charge in [-0.05, 0) is 57.0 Å². The van der Waals surface area contributed by atoms with Crippen LogP contribution in [0.5, 0.6) is 0 Å². The zero-order valence-corrected chi connectivity index (χ0v) is 16.1. The molecule has 2 aliphatic rings. The van der Waals surface area contributed by atoms with Crippen molar-refractivity contribution in [2.45, 2.75) is 38.1 Å². The van der Waals surface area contributed by atoms with Crippen LogP contribution in [-0.2, 0) is 6.54 Å². The number of halogens is 1. The summed E-state index contributed by atoms with van der Waals surface area (Å²) < 4.78 is 13.4. The zero-order chi connectivity index (χ0) is 18.2. The number of benzene rings is 1. The van der Waals surface area contributed by atoms with E-state index in [1.807, 2.05) is 11.3 Å². The Morgan fingerprint density at radius 3 is 2.78 bits per heavy atom. The van der Waals surface area contributed by atoms with Gasteiger partial charge in [-0.1, -0.05) is 0 Å². The van der Waals surface area contributed by atoms with Crippen LogP contribution in [0.15, 0.2) is 24.4 Å². The fourth-order valence-corrected chi connectivity index (χ4v) is 5.21. The van der Waals surface area contributed by atoms with Crippen molar-refractivity contribution in [3.8, 4) is 0 Å². The highest BCUT2D eigenvalue weighted by Gasteiger charge is 2.24. The summed E-state index contributed by atoms with van der Waals surface area (Å²) in [6.45, 7) is 5.42. The highest BCUT2D eigenvalue weighted by atomic mass is 32.1. The van der Waals surface area contributed by atoms with Crippen molar-refractivity contribution < 1.29 is 4.39 Å². The Bertz CT molecular complexity index is 921. The minimum absolute atomic E-state index is 0.217. The second-order valence-electron chi connectivity index (χ2n) is 7.64. The molecule has 3 aromatic rings. The molecule has 0 saturated carbocycles. The number of nitrogens with zero attached hydrogens (tertiary/aromatic N) is 4. The number of thiazole rings is 1. The number of aromatic nitrogens is 3. The summed E-state index contributed by atoms with van der Waals surface area (Å²) in [6.07, 6.45) is 6.80. The number of fused-ring (bicyclic) bond motifs is 1. The molecule has 0 bridgehead atoms. The van der Waals surface area contributed by atoms with Crippen molar-refractivity contribution in [1.82, 2.24) is 19.9 Å². The van der Waals surface area contributed by atoms with Gasteiger partial charge in [-0.3, -0.25) is 4.90 Å². The summed E-state index contributed by atoms with van der Waals surface area (Å²) in [5, 5.41) is 1.19. The molecule has 4 heterocycles. The first kappa shape index (κ1) is 17.1. The minimum Gasteiger partial charge on any atom is -0.348 e. The second-order valence-corrected chi connectivity index (χ2v) is 8.73. The van der Waals surface area contributed by atoms with E-state index >= 15 is 0 Å². The normalized spacial score (nSPS) is 19.4. The van der Waals surface area contributed by atoms with E-state index < -0.39 is 0 Å². The monoisotopic (exact) mass is 385 g/mol. The van der Waals surface area contributed by atoms with Gasteiger partial charge >= 0.3 is 0 Å². The van der Waals surface area contributed by atoms with E-state index in [9.17, 15) is 4.39 Å². The van der Waals surface area contributed by atoms with Crippen molar-refractivity contribution in [3.63, 3.8) is 0 Å². The molecule has 0 spiro atoms. The number of rotatable bonds is 4. The van der Waals surface area contributed by atoms with Crippen molar-refractivity contribution in [1.29, 1.82) is 0 Å². The predicted molar refractivity (Wildman–Crippen MR) is 107 cm³/mol. The van der Waals surface area contributed by atoms with Gasteiger partial charge < -0.3 is 9.88 Å². The van der Waals surface area contributed by atoms with Crippen LogP contribution in [0.25, 0.3) is 11.0 Å². The molecule has 5 rings (SSSR count). The molecule has 0 aliphatic carbocycles. The molecule has 0 amide bonds. The van der Waals surface area contributed by atoms with Crippen LogP contribution in [-0.4, -0.2) is 46.0 Å². The summed E-state index contributed by atoms with van der Waals surface area (Å²) in [5.74, 6) is 1.22. The molecular formula is C20H24FN5S. The Kier molecular flexibility index (Phi) is 4.57. The maximum absolute atomic E-state index is 13.4. The van der Waals surface area contributed by atoms with Crippen molar-refractivity contribution in [2.24, 2.45) is 0 Å². The Morgan fingerprint density at radius 1 is 1.15 bits per heavy atom. The van der Waals surface area contributed by atoms with Gasteiger partial charge in [0.25, 0.3) is 0 Å². The molecule has 7 heteroatoms. The largest absolute Gasteiger partial charge is 0.348 e. The highest BCUT2D eigenvalue weighted by Crippen LogP contribution is 2.31. The van der Waals surface area contributed by atoms with Crippen LogP contribution >= 0.6 is 11.3 Å². The van der Waals surface area contributed by atoms with Gasteiger partial charge in [-0.2, -0.15) is 0 Å². The first-order valence-corrected chi connectivity index (χ1v) is 10.6. The number of hydrogen-bond donors (Lipinski definition) is 1. The molecule has 5 nitrogen and oxygen atoms in total. The molecule has 2 fully saturated rings. The lowest BCUT2D eigenvalue weighted by atomic mass is 9.96. The van der Waals surface area contributed by atoms with Crippen LogP contribution in [0, 0.1) is 5.82 Å². The van der Waals surface area contributed by atoms with Gasteiger partial charge in [0.2, 0.25) is 0 Å². The van der Waals surface area contributed by atoms with Crippen molar-refractivity contribution in [2.75, 3.05) is 31.1 Å². The molecule has 142 valence electrons. The quantitative estimate of drug-likeness (QED) is 0.733. The molecule has 27 heavy (non-hydrogen) atoms.